The van der Waals surface area contributed by atoms with Crippen molar-refractivity contribution < 1.29 is 9.13 Å². The summed E-state index contributed by atoms with van der Waals surface area (Å²) in [6.45, 7) is 4.80. The first-order valence-corrected chi connectivity index (χ1v) is 6.17. The van der Waals surface area contributed by atoms with Gasteiger partial charge in [-0.25, -0.2) is 14.1 Å². The number of aromatic nitrogens is 3. The molecule has 2 aromatic rings. The standard InChI is InChI=1S/C13H17FN4O/c1-3-4-18-13(16-8-17-18)7-19-12-5-9(2)11(15)6-10(12)14/h5-6,8H,3-4,7,15H2,1-2H3. The SMILES string of the molecule is CCCn1ncnc1COc1cc(C)c(N)cc1F. The molecule has 0 atom stereocenters. The van der Waals surface area contributed by atoms with Crippen LogP contribution >= 0.6 is 0 Å². The van der Waals surface area contributed by atoms with Crippen LogP contribution in [-0.4, -0.2) is 14.8 Å². The van der Waals surface area contributed by atoms with Gasteiger partial charge in [0.05, 0.1) is 0 Å². The van der Waals surface area contributed by atoms with Gasteiger partial charge in [-0.15, -0.1) is 0 Å². The highest BCUT2D eigenvalue weighted by Crippen LogP contribution is 2.24. The second-order valence-corrected chi connectivity index (χ2v) is 4.33. The average molecular weight is 264 g/mol. The number of nitrogens with two attached hydrogens (primary N) is 1. The maximum atomic E-state index is 13.7. The van der Waals surface area contributed by atoms with Gasteiger partial charge in [0, 0.05) is 18.3 Å². The lowest BCUT2D eigenvalue weighted by molar-refractivity contribution is 0.272. The van der Waals surface area contributed by atoms with Crippen molar-refractivity contribution in [2.24, 2.45) is 0 Å². The molecule has 2 rings (SSSR count). The van der Waals surface area contributed by atoms with E-state index >= 15 is 0 Å². The molecule has 0 aliphatic rings. The average Bonchev–Trinajstić information content (AvgIpc) is 2.80. The van der Waals surface area contributed by atoms with Crippen molar-refractivity contribution >= 4 is 5.69 Å². The summed E-state index contributed by atoms with van der Waals surface area (Å²) in [5, 5.41) is 4.08. The Morgan fingerprint density at radius 2 is 2.21 bits per heavy atom. The summed E-state index contributed by atoms with van der Waals surface area (Å²) < 4.78 is 20.9. The number of benzene rings is 1. The van der Waals surface area contributed by atoms with E-state index in [9.17, 15) is 4.39 Å². The Morgan fingerprint density at radius 3 is 2.95 bits per heavy atom. The summed E-state index contributed by atoms with van der Waals surface area (Å²) in [5.74, 6) is 0.387. The second kappa shape index (κ2) is 5.69. The third-order valence-electron chi connectivity index (χ3n) is 2.81. The summed E-state index contributed by atoms with van der Waals surface area (Å²) in [6, 6.07) is 2.85. The second-order valence-electron chi connectivity index (χ2n) is 4.33. The monoisotopic (exact) mass is 264 g/mol. The van der Waals surface area contributed by atoms with Crippen molar-refractivity contribution in [2.45, 2.75) is 33.4 Å². The van der Waals surface area contributed by atoms with Crippen LogP contribution in [0.4, 0.5) is 10.1 Å². The quantitative estimate of drug-likeness (QED) is 0.841. The van der Waals surface area contributed by atoms with E-state index in [1.165, 1.54) is 12.4 Å². The molecular weight excluding hydrogens is 247 g/mol. The molecule has 0 spiro atoms. The summed E-state index contributed by atoms with van der Waals surface area (Å²) in [7, 11) is 0. The van der Waals surface area contributed by atoms with E-state index in [-0.39, 0.29) is 12.4 Å². The van der Waals surface area contributed by atoms with Crippen LogP contribution in [0.5, 0.6) is 5.75 Å². The van der Waals surface area contributed by atoms with Crippen LogP contribution in [0.3, 0.4) is 0 Å². The Labute approximate surface area is 111 Å². The van der Waals surface area contributed by atoms with Gasteiger partial charge in [0.2, 0.25) is 0 Å². The van der Waals surface area contributed by atoms with Crippen molar-refractivity contribution in [1.29, 1.82) is 0 Å². The van der Waals surface area contributed by atoms with E-state index in [0.717, 1.165) is 18.5 Å². The summed E-state index contributed by atoms with van der Waals surface area (Å²) >= 11 is 0. The predicted octanol–water partition coefficient (Wildman–Crippen LogP) is 2.30. The highest BCUT2D eigenvalue weighted by molar-refractivity contribution is 5.50. The molecule has 1 heterocycles. The van der Waals surface area contributed by atoms with Crippen LogP contribution in [0.15, 0.2) is 18.5 Å². The van der Waals surface area contributed by atoms with Crippen molar-refractivity contribution in [3.8, 4) is 5.75 Å². The Balaban J connectivity index is 2.10. The molecule has 0 saturated carbocycles. The zero-order chi connectivity index (χ0) is 13.8. The molecular formula is C13H17FN4O. The topological polar surface area (TPSA) is 66.0 Å². The summed E-state index contributed by atoms with van der Waals surface area (Å²) in [6.07, 6.45) is 2.42. The van der Waals surface area contributed by atoms with Gasteiger partial charge in [0.25, 0.3) is 0 Å². The molecule has 19 heavy (non-hydrogen) atoms. The maximum absolute atomic E-state index is 13.7. The Hall–Kier alpha value is -2.11. The molecule has 102 valence electrons. The first kappa shape index (κ1) is 13.3. The fourth-order valence-electron chi connectivity index (χ4n) is 1.72. The van der Waals surface area contributed by atoms with Crippen LogP contribution in [0.1, 0.15) is 24.7 Å². The number of rotatable bonds is 5. The van der Waals surface area contributed by atoms with E-state index in [1.807, 2.05) is 0 Å². The van der Waals surface area contributed by atoms with Crippen LogP contribution in [0.2, 0.25) is 0 Å². The minimum absolute atomic E-state index is 0.178. The number of ether oxygens (including phenoxy) is 1. The maximum Gasteiger partial charge on any atom is 0.167 e. The van der Waals surface area contributed by atoms with Crippen molar-refractivity contribution in [3.63, 3.8) is 0 Å². The fraction of sp³-hybridized carbons (Fsp3) is 0.385. The van der Waals surface area contributed by atoms with Crippen LogP contribution < -0.4 is 10.5 Å². The van der Waals surface area contributed by atoms with Gasteiger partial charge in [-0.05, 0) is 25.0 Å². The molecule has 0 aliphatic heterocycles. The van der Waals surface area contributed by atoms with Crippen molar-refractivity contribution in [1.82, 2.24) is 14.8 Å². The van der Waals surface area contributed by atoms with Gasteiger partial charge in [-0.3, -0.25) is 0 Å². The number of halogens is 1. The fourth-order valence-corrected chi connectivity index (χ4v) is 1.72. The molecule has 0 bridgehead atoms. The zero-order valence-electron chi connectivity index (χ0n) is 11.1. The van der Waals surface area contributed by atoms with E-state index in [4.69, 9.17) is 10.5 Å². The molecule has 0 aliphatic carbocycles. The summed E-state index contributed by atoms with van der Waals surface area (Å²) in [5.41, 5.74) is 6.82. The largest absolute Gasteiger partial charge is 0.483 e. The zero-order valence-corrected chi connectivity index (χ0v) is 11.1. The van der Waals surface area contributed by atoms with Gasteiger partial charge < -0.3 is 10.5 Å². The lowest BCUT2D eigenvalue weighted by Crippen LogP contribution is -2.09. The van der Waals surface area contributed by atoms with Crippen molar-refractivity contribution in [2.75, 3.05) is 5.73 Å². The number of anilines is 1. The molecule has 1 aromatic carbocycles. The first-order chi connectivity index (χ1) is 9.11. The predicted molar refractivity (Wildman–Crippen MR) is 70.2 cm³/mol. The third kappa shape index (κ3) is 3.01. The number of nitrogen functional groups attached to an aromatic ring is 1. The lowest BCUT2D eigenvalue weighted by atomic mass is 10.2. The smallest absolute Gasteiger partial charge is 0.167 e. The number of nitrogens with zero attached hydrogens (tertiary/aromatic N) is 3. The molecule has 6 heteroatoms. The van der Waals surface area contributed by atoms with Crippen LogP contribution in [0.25, 0.3) is 0 Å². The number of hydrogen-bond acceptors (Lipinski definition) is 4. The number of hydrogen-bond donors (Lipinski definition) is 1. The van der Waals surface area contributed by atoms with Crippen LogP contribution in [-0.2, 0) is 13.2 Å². The highest BCUT2D eigenvalue weighted by atomic mass is 19.1. The minimum atomic E-state index is -0.468. The molecule has 5 nitrogen and oxygen atoms in total. The van der Waals surface area contributed by atoms with Gasteiger partial charge in [-0.1, -0.05) is 6.92 Å². The van der Waals surface area contributed by atoms with E-state index in [0.29, 0.717) is 11.5 Å². The van der Waals surface area contributed by atoms with Gasteiger partial charge in [-0.2, -0.15) is 5.10 Å². The lowest BCUT2D eigenvalue weighted by Gasteiger charge is -2.10. The molecule has 2 N–H and O–H groups in total. The van der Waals surface area contributed by atoms with Crippen LogP contribution in [0, 0.1) is 12.7 Å². The van der Waals surface area contributed by atoms with E-state index in [1.54, 1.807) is 17.7 Å². The first-order valence-electron chi connectivity index (χ1n) is 6.17. The summed E-state index contributed by atoms with van der Waals surface area (Å²) in [4.78, 5) is 4.10. The Kier molecular flexibility index (Phi) is 3.99. The van der Waals surface area contributed by atoms with Gasteiger partial charge >= 0.3 is 0 Å². The highest BCUT2D eigenvalue weighted by Gasteiger charge is 2.09. The van der Waals surface area contributed by atoms with Crippen molar-refractivity contribution in [3.05, 3.63) is 35.7 Å². The Bertz CT molecular complexity index is 568. The van der Waals surface area contributed by atoms with Gasteiger partial charge in [0.15, 0.2) is 17.4 Å². The van der Waals surface area contributed by atoms with Gasteiger partial charge in [0.1, 0.15) is 12.9 Å². The minimum Gasteiger partial charge on any atom is -0.483 e. The Morgan fingerprint density at radius 1 is 1.42 bits per heavy atom. The van der Waals surface area contributed by atoms with E-state index < -0.39 is 5.82 Å². The molecule has 0 radical (unpaired) electrons. The molecule has 0 fully saturated rings. The number of aryl methyl sites for hydroxylation is 2. The molecule has 0 saturated heterocycles. The third-order valence-corrected chi connectivity index (χ3v) is 2.81. The molecule has 1 aromatic heterocycles. The van der Waals surface area contributed by atoms with E-state index in [2.05, 4.69) is 17.0 Å². The molecule has 0 amide bonds. The molecule has 0 unspecified atom stereocenters. The normalized spacial score (nSPS) is 10.7.